The molecule has 0 unspecified atom stereocenters. The highest BCUT2D eigenvalue weighted by Crippen LogP contribution is 2.27. The van der Waals surface area contributed by atoms with Gasteiger partial charge in [0.1, 0.15) is 5.54 Å². The Balaban J connectivity index is 1.59. The van der Waals surface area contributed by atoms with Crippen molar-refractivity contribution in [2.24, 2.45) is 0 Å². The van der Waals surface area contributed by atoms with Gasteiger partial charge < -0.3 is 10.2 Å². The number of imide groups is 1. The van der Waals surface area contributed by atoms with Crippen molar-refractivity contribution in [3.63, 3.8) is 0 Å². The predicted molar refractivity (Wildman–Crippen MR) is 85.2 cm³/mol. The largest absolute Gasteiger partial charge is 0.339 e. The normalized spacial score (nSPS) is 19.6. The van der Waals surface area contributed by atoms with E-state index in [9.17, 15) is 24.5 Å². The van der Waals surface area contributed by atoms with E-state index >= 15 is 0 Å². The number of nitro groups is 1. The molecule has 3 rings (SSSR count). The van der Waals surface area contributed by atoms with Crippen LogP contribution in [0.5, 0.6) is 0 Å². The van der Waals surface area contributed by atoms with Crippen LogP contribution in [0.3, 0.4) is 0 Å². The van der Waals surface area contributed by atoms with Gasteiger partial charge in [-0.1, -0.05) is 11.3 Å². The third kappa shape index (κ3) is 3.00. The van der Waals surface area contributed by atoms with Gasteiger partial charge in [0.2, 0.25) is 5.91 Å². The van der Waals surface area contributed by atoms with E-state index in [1.165, 1.54) is 18.2 Å². The third-order valence-corrected chi connectivity index (χ3v) is 5.13. The Labute approximate surface area is 140 Å². The monoisotopic (exact) mass is 350 g/mol. The number of hydrogen-bond donors (Lipinski definition) is 2. The lowest BCUT2D eigenvalue weighted by atomic mass is 9.87. The average molecular weight is 350 g/mol. The number of carbonyl (C=O) groups is 3. The number of urea groups is 1. The third-order valence-electron chi connectivity index (χ3n) is 4.13. The Hall–Kier alpha value is -2.75. The van der Waals surface area contributed by atoms with E-state index in [1.807, 2.05) is 0 Å². The number of carbonyl (C=O) groups excluding carboxylic acids is 3. The minimum Gasteiger partial charge on any atom is -0.339 e. The standard InChI is InChI=1S/C14H14N4O5S/c19-10(3-1-9-2-4-11(24-9)18(22)23)17-7-5-14(6-8-17)12(20)15-13(21)16-14/h1-4H,5-8H2,(H2,15,16,20,21)/b3-1+. The maximum absolute atomic E-state index is 12.2. The van der Waals surface area contributed by atoms with E-state index in [1.54, 1.807) is 11.0 Å². The van der Waals surface area contributed by atoms with E-state index < -0.39 is 16.5 Å². The van der Waals surface area contributed by atoms with Crippen molar-refractivity contribution in [3.8, 4) is 0 Å². The molecule has 1 aromatic heterocycles. The summed E-state index contributed by atoms with van der Waals surface area (Å²) in [5.74, 6) is -0.577. The van der Waals surface area contributed by atoms with E-state index in [4.69, 9.17) is 0 Å². The zero-order valence-electron chi connectivity index (χ0n) is 12.5. The number of piperidine rings is 1. The van der Waals surface area contributed by atoms with Crippen LogP contribution in [-0.4, -0.2) is 46.3 Å². The van der Waals surface area contributed by atoms with Gasteiger partial charge in [-0.15, -0.1) is 0 Å². The van der Waals surface area contributed by atoms with Crippen LogP contribution in [0.2, 0.25) is 0 Å². The number of rotatable bonds is 3. The van der Waals surface area contributed by atoms with E-state index in [2.05, 4.69) is 10.6 Å². The molecule has 2 saturated heterocycles. The number of nitrogens with one attached hydrogen (secondary N) is 2. The summed E-state index contributed by atoms with van der Waals surface area (Å²) in [6.07, 6.45) is 3.61. The fourth-order valence-corrected chi connectivity index (χ4v) is 3.50. The van der Waals surface area contributed by atoms with Gasteiger partial charge in [0, 0.05) is 30.1 Å². The number of nitrogens with zero attached hydrogens (tertiary/aromatic N) is 2. The molecule has 0 atom stereocenters. The van der Waals surface area contributed by atoms with Gasteiger partial charge >= 0.3 is 11.0 Å². The van der Waals surface area contributed by atoms with Crippen molar-refractivity contribution in [1.82, 2.24) is 15.5 Å². The maximum Gasteiger partial charge on any atom is 0.324 e. The molecule has 2 aliphatic heterocycles. The number of amides is 4. The van der Waals surface area contributed by atoms with Gasteiger partial charge in [-0.05, 0) is 25.0 Å². The van der Waals surface area contributed by atoms with E-state index in [0.717, 1.165) is 11.3 Å². The van der Waals surface area contributed by atoms with Gasteiger partial charge in [0.25, 0.3) is 5.91 Å². The minimum absolute atomic E-state index is 0.0185. The van der Waals surface area contributed by atoms with Crippen molar-refractivity contribution in [3.05, 3.63) is 33.2 Å². The lowest BCUT2D eigenvalue weighted by Gasteiger charge is -2.36. The highest BCUT2D eigenvalue weighted by atomic mass is 32.1. The molecule has 24 heavy (non-hydrogen) atoms. The summed E-state index contributed by atoms with van der Waals surface area (Å²) in [7, 11) is 0. The van der Waals surface area contributed by atoms with Crippen molar-refractivity contribution >= 4 is 40.3 Å². The lowest BCUT2D eigenvalue weighted by molar-refractivity contribution is -0.380. The Morgan fingerprint density at radius 3 is 2.58 bits per heavy atom. The van der Waals surface area contributed by atoms with Gasteiger partial charge in [0.05, 0.1) is 4.92 Å². The molecule has 0 bridgehead atoms. The highest BCUT2D eigenvalue weighted by molar-refractivity contribution is 7.16. The molecule has 1 aromatic rings. The second-order valence-electron chi connectivity index (χ2n) is 5.58. The molecule has 2 N–H and O–H groups in total. The van der Waals surface area contributed by atoms with Crippen molar-refractivity contribution in [2.45, 2.75) is 18.4 Å². The second kappa shape index (κ2) is 6.04. The fraction of sp³-hybridized carbons (Fsp3) is 0.357. The zero-order valence-corrected chi connectivity index (χ0v) is 13.3. The fourth-order valence-electron chi connectivity index (χ4n) is 2.78. The summed E-state index contributed by atoms with van der Waals surface area (Å²) in [6, 6.07) is 2.47. The molecule has 126 valence electrons. The zero-order chi connectivity index (χ0) is 17.3. The second-order valence-corrected chi connectivity index (χ2v) is 6.68. The average Bonchev–Trinajstić information content (AvgIpc) is 3.11. The van der Waals surface area contributed by atoms with Gasteiger partial charge in [-0.3, -0.25) is 25.0 Å². The molecule has 4 amide bonds. The number of hydrogen-bond acceptors (Lipinski definition) is 6. The first-order chi connectivity index (χ1) is 11.4. The Bertz CT molecular complexity index is 748. The maximum atomic E-state index is 12.2. The first-order valence-corrected chi connectivity index (χ1v) is 8.06. The van der Waals surface area contributed by atoms with Crippen LogP contribution >= 0.6 is 11.3 Å². The van der Waals surface area contributed by atoms with Crippen LogP contribution < -0.4 is 10.6 Å². The molecule has 10 heteroatoms. The first kappa shape index (κ1) is 16.1. The summed E-state index contributed by atoms with van der Waals surface area (Å²) < 4.78 is 0. The quantitative estimate of drug-likeness (QED) is 0.362. The smallest absolute Gasteiger partial charge is 0.324 e. The summed E-state index contributed by atoms with van der Waals surface area (Å²) >= 11 is 0.988. The van der Waals surface area contributed by atoms with Crippen LogP contribution in [-0.2, 0) is 9.59 Å². The van der Waals surface area contributed by atoms with Crippen molar-refractivity contribution < 1.29 is 19.3 Å². The van der Waals surface area contributed by atoms with Gasteiger partial charge in [0.15, 0.2) is 0 Å². The van der Waals surface area contributed by atoms with Gasteiger partial charge in [-0.25, -0.2) is 4.79 Å². The molecule has 3 heterocycles. The molecule has 2 fully saturated rings. The lowest BCUT2D eigenvalue weighted by Crippen LogP contribution is -2.55. The molecule has 9 nitrogen and oxygen atoms in total. The van der Waals surface area contributed by atoms with Crippen LogP contribution in [0, 0.1) is 10.1 Å². The van der Waals surface area contributed by atoms with Crippen molar-refractivity contribution in [2.75, 3.05) is 13.1 Å². The first-order valence-electron chi connectivity index (χ1n) is 7.24. The molecule has 1 spiro atoms. The van der Waals surface area contributed by atoms with Crippen LogP contribution in [0.15, 0.2) is 18.2 Å². The van der Waals surface area contributed by atoms with Crippen molar-refractivity contribution in [1.29, 1.82) is 0 Å². The van der Waals surface area contributed by atoms with Gasteiger partial charge in [-0.2, -0.15) is 0 Å². The topological polar surface area (TPSA) is 122 Å². The summed E-state index contributed by atoms with van der Waals surface area (Å²) in [6.45, 7) is 0.697. The molecule has 0 radical (unpaired) electrons. The summed E-state index contributed by atoms with van der Waals surface area (Å²) in [5, 5.41) is 15.5. The molecule has 0 aliphatic carbocycles. The Morgan fingerprint density at radius 1 is 1.33 bits per heavy atom. The Morgan fingerprint density at radius 2 is 2.04 bits per heavy atom. The molecule has 0 saturated carbocycles. The SMILES string of the molecule is O=C1NC(=O)C2(CCN(C(=O)/C=C/c3ccc([N+](=O)[O-])s3)CC2)N1. The van der Waals surface area contributed by atoms with Crippen LogP contribution in [0.4, 0.5) is 9.80 Å². The summed E-state index contributed by atoms with van der Waals surface area (Å²) in [5.41, 5.74) is -0.911. The predicted octanol–water partition coefficient (Wildman–Crippen LogP) is 0.870. The molecular weight excluding hydrogens is 336 g/mol. The van der Waals surface area contributed by atoms with E-state index in [0.29, 0.717) is 30.8 Å². The van der Waals surface area contributed by atoms with E-state index in [-0.39, 0.29) is 16.8 Å². The van der Waals surface area contributed by atoms with Crippen LogP contribution in [0.25, 0.3) is 6.08 Å². The number of likely N-dealkylation sites (tertiary alicyclic amines) is 1. The molecule has 2 aliphatic rings. The van der Waals surface area contributed by atoms with Crippen LogP contribution in [0.1, 0.15) is 17.7 Å². The minimum atomic E-state index is -0.911. The highest BCUT2D eigenvalue weighted by Gasteiger charge is 2.48. The molecular formula is C14H14N4O5S. The molecule has 0 aromatic carbocycles. The number of thiophene rings is 1. The summed E-state index contributed by atoms with van der Waals surface area (Å²) in [4.78, 5) is 47.6. The Kier molecular flexibility index (Phi) is 4.06.